The first-order chi connectivity index (χ1) is 15.6. The fourth-order valence-electron chi connectivity index (χ4n) is 4.20. The van der Waals surface area contributed by atoms with Crippen LogP contribution in [0.15, 0.2) is 72.9 Å². The number of imide groups is 1. The minimum absolute atomic E-state index is 0.129. The summed E-state index contributed by atoms with van der Waals surface area (Å²) < 4.78 is 0. The van der Waals surface area contributed by atoms with Gasteiger partial charge in [-0.1, -0.05) is 36.4 Å². The molecule has 2 aliphatic heterocycles. The van der Waals surface area contributed by atoms with Crippen molar-refractivity contribution in [2.45, 2.75) is 6.54 Å². The van der Waals surface area contributed by atoms with Crippen molar-refractivity contribution in [3.8, 4) is 0 Å². The quantitative estimate of drug-likeness (QED) is 0.600. The number of pyridine rings is 1. The zero-order valence-corrected chi connectivity index (χ0v) is 17.5. The average molecular weight is 426 g/mol. The number of nitrogens with zero attached hydrogens (tertiary/aromatic N) is 4. The molecule has 2 aliphatic rings. The molecular formula is C25H22N4O3. The summed E-state index contributed by atoms with van der Waals surface area (Å²) in [6.07, 6.45) is 1.76. The van der Waals surface area contributed by atoms with E-state index in [1.165, 1.54) is 4.90 Å². The number of carbonyl (C=O) groups excluding carboxylic acids is 3. The van der Waals surface area contributed by atoms with Gasteiger partial charge in [-0.15, -0.1) is 0 Å². The van der Waals surface area contributed by atoms with Crippen LogP contribution in [0.5, 0.6) is 0 Å². The lowest BCUT2D eigenvalue weighted by Gasteiger charge is -2.35. The maximum atomic E-state index is 13.1. The molecule has 160 valence electrons. The molecule has 0 N–H and O–H groups in total. The van der Waals surface area contributed by atoms with E-state index in [0.717, 1.165) is 11.4 Å². The molecule has 1 aromatic heterocycles. The van der Waals surface area contributed by atoms with Crippen LogP contribution >= 0.6 is 0 Å². The topological polar surface area (TPSA) is 73.8 Å². The van der Waals surface area contributed by atoms with Gasteiger partial charge in [0.15, 0.2) is 0 Å². The first-order valence-corrected chi connectivity index (χ1v) is 10.6. The lowest BCUT2D eigenvalue weighted by atomic mass is 10.0. The number of carbonyl (C=O) groups is 3. The van der Waals surface area contributed by atoms with Crippen molar-refractivity contribution in [1.82, 2.24) is 14.8 Å². The average Bonchev–Trinajstić information content (AvgIpc) is 3.09. The van der Waals surface area contributed by atoms with E-state index in [2.05, 4.69) is 9.88 Å². The molecule has 0 aliphatic carbocycles. The molecule has 3 heterocycles. The molecule has 32 heavy (non-hydrogen) atoms. The van der Waals surface area contributed by atoms with Crippen LogP contribution in [-0.2, 0) is 6.54 Å². The van der Waals surface area contributed by atoms with E-state index in [1.54, 1.807) is 29.3 Å². The van der Waals surface area contributed by atoms with E-state index in [0.29, 0.717) is 42.9 Å². The van der Waals surface area contributed by atoms with E-state index in [1.807, 2.05) is 48.5 Å². The van der Waals surface area contributed by atoms with Crippen molar-refractivity contribution in [2.24, 2.45) is 0 Å². The SMILES string of the molecule is O=C(c1ccc2c(c1)C(=O)N(Cc1ccccc1)C2=O)N1CCN(c2ccccn2)CC1. The van der Waals surface area contributed by atoms with Gasteiger partial charge in [0.1, 0.15) is 5.82 Å². The first-order valence-electron chi connectivity index (χ1n) is 10.6. The predicted octanol–water partition coefficient (Wildman–Crippen LogP) is 2.84. The molecule has 1 saturated heterocycles. The van der Waals surface area contributed by atoms with Crippen molar-refractivity contribution >= 4 is 23.5 Å². The molecule has 7 nitrogen and oxygen atoms in total. The Kier molecular flexibility index (Phi) is 5.15. The van der Waals surface area contributed by atoms with Gasteiger partial charge >= 0.3 is 0 Å². The summed E-state index contributed by atoms with van der Waals surface area (Å²) in [6.45, 7) is 2.73. The molecule has 0 atom stereocenters. The van der Waals surface area contributed by atoms with Gasteiger partial charge < -0.3 is 9.80 Å². The van der Waals surface area contributed by atoms with E-state index < -0.39 is 0 Å². The Labute approximate surface area is 185 Å². The van der Waals surface area contributed by atoms with Crippen molar-refractivity contribution in [3.63, 3.8) is 0 Å². The molecule has 3 amide bonds. The normalized spacial score (nSPS) is 15.8. The second kappa shape index (κ2) is 8.26. The van der Waals surface area contributed by atoms with Gasteiger partial charge in [-0.05, 0) is 35.9 Å². The molecule has 0 bridgehead atoms. The van der Waals surface area contributed by atoms with Crippen molar-refractivity contribution < 1.29 is 14.4 Å². The molecule has 0 saturated carbocycles. The fourth-order valence-corrected chi connectivity index (χ4v) is 4.20. The third kappa shape index (κ3) is 3.62. The number of rotatable bonds is 4. The Morgan fingerprint density at radius 1 is 0.812 bits per heavy atom. The lowest BCUT2D eigenvalue weighted by molar-refractivity contribution is 0.0642. The van der Waals surface area contributed by atoms with E-state index >= 15 is 0 Å². The predicted molar refractivity (Wildman–Crippen MR) is 119 cm³/mol. The molecule has 5 rings (SSSR count). The Morgan fingerprint density at radius 2 is 1.53 bits per heavy atom. The molecule has 0 unspecified atom stereocenters. The van der Waals surface area contributed by atoms with E-state index in [9.17, 15) is 14.4 Å². The number of piperazine rings is 1. The summed E-state index contributed by atoms with van der Waals surface area (Å²) in [5.41, 5.74) is 1.95. The van der Waals surface area contributed by atoms with Gasteiger partial charge in [-0.2, -0.15) is 0 Å². The number of hydrogen-bond acceptors (Lipinski definition) is 5. The Morgan fingerprint density at radius 3 is 2.25 bits per heavy atom. The highest BCUT2D eigenvalue weighted by molar-refractivity contribution is 6.22. The molecule has 1 fully saturated rings. The van der Waals surface area contributed by atoms with Gasteiger partial charge in [0, 0.05) is 37.9 Å². The standard InChI is InChI=1S/C25H22N4O3/c30-23(28-14-12-27(13-15-28)22-8-4-5-11-26-22)19-9-10-20-21(16-19)25(32)29(24(20)31)17-18-6-2-1-3-7-18/h1-11,16H,12-15,17H2. The number of hydrogen-bond donors (Lipinski definition) is 0. The number of fused-ring (bicyclic) bond motifs is 1. The largest absolute Gasteiger partial charge is 0.353 e. The van der Waals surface area contributed by atoms with Gasteiger partial charge in [0.05, 0.1) is 17.7 Å². The highest BCUT2D eigenvalue weighted by atomic mass is 16.2. The maximum Gasteiger partial charge on any atom is 0.261 e. The maximum absolute atomic E-state index is 13.1. The second-order valence-electron chi connectivity index (χ2n) is 7.91. The minimum atomic E-state index is -0.358. The van der Waals surface area contributed by atoms with Crippen LogP contribution in [0.4, 0.5) is 5.82 Å². The van der Waals surface area contributed by atoms with Crippen LogP contribution in [0.3, 0.4) is 0 Å². The highest BCUT2D eigenvalue weighted by Crippen LogP contribution is 2.26. The molecule has 7 heteroatoms. The molecule has 0 spiro atoms. The molecule has 3 aromatic rings. The summed E-state index contributed by atoms with van der Waals surface area (Å²) >= 11 is 0. The van der Waals surface area contributed by atoms with Crippen molar-refractivity contribution in [2.75, 3.05) is 31.1 Å². The number of benzene rings is 2. The Hall–Kier alpha value is -4.00. The minimum Gasteiger partial charge on any atom is -0.353 e. The molecule has 0 radical (unpaired) electrons. The third-order valence-corrected chi connectivity index (χ3v) is 5.94. The number of aromatic nitrogens is 1. The molecular weight excluding hydrogens is 404 g/mol. The summed E-state index contributed by atoms with van der Waals surface area (Å²) in [4.78, 5) is 48.3. The van der Waals surface area contributed by atoms with Crippen LogP contribution in [0.25, 0.3) is 0 Å². The second-order valence-corrected chi connectivity index (χ2v) is 7.91. The fraction of sp³-hybridized carbons (Fsp3) is 0.200. The summed E-state index contributed by atoms with van der Waals surface area (Å²) in [5, 5.41) is 0. The van der Waals surface area contributed by atoms with E-state index in [4.69, 9.17) is 0 Å². The summed E-state index contributed by atoms with van der Waals surface area (Å²) in [7, 11) is 0. The van der Waals surface area contributed by atoms with Gasteiger partial charge in [0.25, 0.3) is 17.7 Å². The van der Waals surface area contributed by atoms with Gasteiger partial charge in [0.2, 0.25) is 0 Å². The third-order valence-electron chi connectivity index (χ3n) is 5.94. The van der Waals surface area contributed by atoms with Crippen LogP contribution in [-0.4, -0.2) is 58.7 Å². The van der Waals surface area contributed by atoms with Crippen LogP contribution < -0.4 is 4.90 Å². The van der Waals surface area contributed by atoms with Crippen LogP contribution in [0.1, 0.15) is 36.6 Å². The van der Waals surface area contributed by atoms with Crippen LogP contribution in [0.2, 0.25) is 0 Å². The van der Waals surface area contributed by atoms with Crippen molar-refractivity contribution in [3.05, 3.63) is 95.2 Å². The number of anilines is 1. The van der Waals surface area contributed by atoms with Crippen molar-refractivity contribution in [1.29, 1.82) is 0 Å². The van der Waals surface area contributed by atoms with Gasteiger partial charge in [-0.25, -0.2) is 4.98 Å². The first kappa shape index (κ1) is 19.9. The summed E-state index contributed by atoms with van der Waals surface area (Å²) in [5.74, 6) is 0.0928. The monoisotopic (exact) mass is 426 g/mol. The zero-order chi connectivity index (χ0) is 22.1. The summed E-state index contributed by atoms with van der Waals surface area (Å²) in [6, 6.07) is 20.0. The number of amides is 3. The Bertz CT molecular complexity index is 1170. The highest BCUT2D eigenvalue weighted by Gasteiger charge is 2.36. The lowest BCUT2D eigenvalue weighted by Crippen LogP contribution is -2.49. The Balaban J connectivity index is 1.29. The molecule has 2 aromatic carbocycles. The van der Waals surface area contributed by atoms with E-state index in [-0.39, 0.29) is 24.3 Å². The van der Waals surface area contributed by atoms with Crippen LogP contribution in [0, 0.1) is 0 Å². The smallest absolute Gasteiger partial charge is 0.261 e. The zero-order valence-electron chi connectivity index (χ0n) is 17.5. The van der Waals surface area contributed by atoms with Gasteiger partial charge in [-0.3, -0.25) is 19.3 Å².